The number of aryl methyl sites for hydroxylation is 1. The lowest BCUT2D eigenvalue weighted by atomic mass is 10.1. The molecule has 0 aromatic heterocycles. The van der Waals surface area contributed by atoms with Gasteiger partial charge >= 0.3 is 0 Å². The fraction of sp³-hybridized carbons (Fsp3) is 0.200. The van der Waals surface area contributed by atoms with Crippen molar-refractivity contribution in [3.8, 4) is 0 Å². The summed E-state index contributed by atoms with van der Waals surface area (Å²) < 4.78 is 27.3. The van der Waals surface area contributed by atoms with E-state index in [-0.39, 0.29) is 17.4 Å². The molecule has 3 N–H and O–H groups in total. The predicted molar refractivity (Wildman–Crippen MR) is 74.0 cm³/mol. The van der Waals surface area contributed by atoms with E-state index < -0.39 is 11.6 Å². The Hall–Kier alpha value is -2.10. The van der Waals surface area contributed by atoms with Crippen molar-refractivity contribution in [1.82, 2.24) is 0 Å². The fourth-order valence-electron chi connectivity index (χ4n) is 1.89. The molecule has 0 saturated heterocycles. The van der Waals surface area contributed by atoms with Gasteiger partial charge in [-0.1, -0.05) is 29.8 Å². The highest BCUT2D eigenvalue weighted by molar-refractivity contribution is 5.55. The second-order valence-electron chi connectivity index (χ2n) is 4.64. The van der Waals surface area contributed by atoms with Gasteiger partial charge in [-0.05, 0) is 31.5 Å². The molecule has 0 aliphatic rings. The van der Waals surface area contributed by atoms with Crippen molar-refractivity contribution in [2.24, 2.45) is 0 Å². The summed E-state index contributed by atoms with van der Waals surface area (Å²) >= 11 is 0. The third-order valence-electron chi connectivity index (χ3n) is 3.00. The molecule has 0 spiro atoms. The van der Waals surface area contributed by atoms with Crippen LogP contribution in [-0.4, -0.2) is 0 Å². The first kappa shape index (κ1) is 13.3. The number of hydrogen-bond donors (Lipinski definition) is 2. The van der Waals surface area contributed by atoms with Crippen molar-refractivity contribution >= 4 is 11.4 Å². The second kappa shape index (κ2) is 5.26. The molecule has 100 valence electrons. The maximum absolute atomic E-state index is 13.7. The van der Waals surface area contributed by atoms with Gasteiger partial charge in [-0.25, -0.2) is 8.78 Å². The minimum atomic E-state index is -0.684. The molecule has 2 nitrogen and oxygen atoms in total. The smallest absolute Gasteiger partial charge is 0.151 e. The summed E-state index contributed by atoms with van der Waals surface area (Å²) in [5.41, 5.74) is 7.40. The van der Waals surface area contributed by atoms with Gasteiger partial charge in [0, 0.05) is 11.7 Å². The van der Waals surface area contributed by atoms with Crippen LogP contribution in [0.15, 0.2) is 36.4 Å². The summed E-state index contributed by atoms with van der Waals surface area (Å²) in [7, 11) is 0. The quantitative estimate of drug-likeness (QED) is 0.820. The van der Waals surface area contributed by atoms with Crippen LogP contribution in [0.2, 0.25) is 0 Å². The van der Waals surface area contributed by atoms with E-state index in [2.05, 4.69) is 5.32 Å². The maximum atomic E-state index is 13.7. The molecule has 2 aromatic rings. The van der Waals surface area contributed by atoms with Gasteiger partial charge in [0.2, 0.25) is 0 Å². The van der Waals surface area contributed by atoms with Crippen LogP contribution in [0.5, 0.6) is 0 Å². The van der Waals surface area contributed by atoms with E-state index in [0.717, 1.165) is 23.3 Å². The van der Waals surface area contributed by atoms with E-state index in [0.29, 0.717) is 0 Å². The Kier molecular flexibility index (Phi) is 3.69. The molecule has 1 unspecified atom stereocenters. The Morgan fingerprint density at radius 2 is 1.58 bits per heavy atom. The average Bonchev–Trinajstić information content (AvgIpc) is 2.34. The van der Waals surface area contributed by atoms with Crippen LogP contribution in [-0.2, 0) is 0 Å². The molecule has 0 radical (unpaired) electrons. The summed E-state index contributed by atoms with van der Waals surface area (Å²) in [4.78, 5) is 0. The van der Waals surface area contributed by atoms with Gasteiger partial charge in [0.15, 0.2) is 11.6 Å². The van der Waals surface area contributed by atoms with Crippen LogP contribution in [0.3, 0.4) is 0 Å². The zero-order valence-corrected chi connectivity index (χ0v) is 10.9. The first-order valence-electron chi connectivity index (χ1n) is 6.05. The van der Waals surface area contributed by atoms with Gasteiger partial charge in [-0.3, -0.25) is 0 Å². The molecule has 4 heteroatoms. The molecule has 0 aliphatic heterocycles. The number of rotatable bonds is 3. The number of nitrogen functional groups attached to an aromatic ring is 1. The van der Waals surface area contributed by atoms with Crippen molar-refractivity contribution in [2.75, 3.05) is 11.1 Å². The Balaban J connectivity index is 2.24. The molecule has 0 fully saturated rings. The van der Waals surface area contributed by atoms with E-state index in [9.17, 15) is 8.78 Å². The zero-order valence-electron chi connectivity index (χ0n) is 10.9. The van der Waals surface area contributed by atoms with Crippen LogP contribution in [0.25, 0.3) is 0 Å². The molecule has 0 bridgehead atoms. The van der Waals surface area contributed by atoms with Gasteiger partial charge in [0.05, 0.1) is 0 Å². The molecule has 2 rings (SSSR count). The van der Waals surface area contributed by atoms with Crippen LogP contribution in [0.1, 0.15) is 24.1 Å². The number of benzene rings is 2. The molecular weight excluding hydrogens is 246 g/mol. The molecule has 19 heavy (non-hydrogen) atoms. The summed E-state index contributed by atoms with van der Waals surface area (Å²) in [5.74, 6) is -1.37. The largest absolute Gasteiger partial charge is 0.399 e. The van der Waals surface area contributed by atoms with Crippen molar-refractivity contribution in [3.63, 3.8) is 0 Å². The number of halogens is 2. The highest BCUT2D eigenvalue weighted by atomic mass is 19.1. The predicted octanol–water partition coefficient (Wildman–Crippen LogP) is 4.03. The minimum absolute atomic E-state index is 0.0727. The third kappa shape index (κ3) is 3.02. The Labute approximate surface area is 111 Å². The standard InChI is InChI=1S/C15H16F2N2/c1-9-3-5-11(6-4-9)10(2)19-15-13(16)7-12(18)8-14(15)17/h3-8,10,19H,18H2,1-2H3. The highest BCUT2D eigenvalue weighted by Gasteiger charge is 2.13. The topological polar surface area (TPSA) is 38.0 Å². The highest BCUT2D eigenvalue weighted by Crippen LogP contribution is 2.26. The van der Waals surface area contributed by atoms with E-state index >= 15 is 0 Å². The zero-order chi connectivity index (χ0) is 14.0. The number of hydrogen-bond acceptors (Lipinski definition) is 2. The van der Waals surface area contributed by atoms with Crippen LogP contribution in [0, 0.1) is 18.6 Å². The Bertz CT molecular complexity index is 556. The monoisotopic (exact) mass is 262 g/mol. The molecule has 0 heterocycles. The second-order valence-corrected chi connectivity index (χ2v) is 4.64. The molecule has 0 aliphatic carbocycles. The summed E-state index contributed by atoms with van der Waals surface area (Å²) in [6, 6.07) is 9.79. The van der Waals surface area contributed by atoms with Crippen molar-refractivity contribution in [3.05, 3.63) is 59.2 Å². The minimum Gasteiger partial charge on any atom is -0.399 e. The molecule has 0 saturated carbocycles. The average molecular weight is 262 g/mol. The first-order valence-corrected chi connectivity index (χ1v) is 6.05. The van der Waals surface area contributed by atoms with Crippen LogP contribution in [0.4, 0.5) is 20.2 Å². The molecular formula is C15H16F2N2. The summed E-state index contributed by atoms with van der Waals surface area (Å²) in [5, 5.41) is 2.84. The van der Waals surface area contributed by atoms with E-state index in [1.165, 1.54) is 0 Å². The maximum Gasteiger partial charge on any atom is 0.151 e. The van der Waals surface area contributed by atoms with Crippen molar-refractivity contribution in [2.45, 2.75) is 19.9 Å². The number of nitrogens with two attached hydrogens (primary N) is 1. The third-order valence-corrected chi connectivity index (χ3v) is 3.00. The van der Waals surface area contributed by atoms with E-state index in [1.807, 2.05) is 38.1 Å². The van der Waals surface area contributed by atoms with E-state index in [1.54, 1.807) is 0 Å². The number of nitrogens with one attached hydrogen (secondary N) is 1. The summed E-state index contributed by atoms with van der Waals surface area (Å²) in [6.07, 6.45) is 0. The first-order chi connectivity index (χ1) is 8.97. The number of anilines is 2. The lowest BCUT2D eigenvalue weighted by Gasteiger charge is -2.17. The Morgan fingerprint density at radius 3 is 2.11 bits per heavy atom. The lowest BCUT2D eigenvalue weighted by molar-refractivity contribution is 0.585. The summed E-state index contributed by atoms with van der Waals surface area (Å²) in [6.45, 7) is 3.83. The van der Waals surface area contributed by atoms with Crippen molar-refractivity contribution < 1.29 is 8.78 Å². The molecule has 2 aromatic carbocycles. The molecule has 0 amide bonds. The van der Waals surface area contributed by atoms with E-state index in [4.69, 9.17) is 5.73 Å². The normalized spacial score (nSPS) is 12.2. The van der Waals surface area contributed by atoms with Gasteiger partial charge in [0.25, 0.3) is 0 Å². The molecule has 1 atom stereocenters. The SMILES string of the molecule is Cc1ccc(C(C)Nc2c(F)cc(N)cc2F)cc1. The van der Waals surface area contributed by atoms with Gasteiger partial charge in [-0.15, -0.1) is 0 Å². The lowest BCUT2D eigenvalue weighted by Crippen LogP contribution is -2.10. The van der Waals surface area contributed by atoms with Crippen molar-refractivity contribution in [1.29, 1.82) is 0 Å². The Morgan fingerprint density at radius 1 is 1.05 bits per heavy atom. The van der Waals surface area contributed by atoms with Gasteiger partial charge in [0.1, 0.15) is 5.69 Å². The van der Waals surface area contributed by atoms with Gasteiger partial charge in [-0.2, -0.15) is 0 Å². The van der Waals surface area contributed by atoms with Gasteiger partial charge < -0.3 is 11.1 Å². The van der Waals surface area contributed by atoms with Crippen LogP contribution >= 0.6 is 0 Å². The fourth-order valence-corrected chi connectivity index (χ4v) is 1.89. The van der Waals surface area contributed by atoms with Crippen LogP contribution < -0.4 is 11.1 Å².